The molecule has 7 nitrogen and oxygen atoms in total. The van der Waals surface area contributed by atoms with Gasteiger partial charge in [-0.05, 0) is 29.8 Å². The molecule has 0 bridgehead atoms. The molecule has 0 spiro atoms. The van der Waals surface area contributed by atoms with E-state index < -0.39 is 6.41 Å². The second kappa shape index (κ2) is 5.55. The lowest BCUT2D eigenvalue weighted by Gasteiger charge is -2.21. The number of carbonyl (C=O) groups excluding carboxylic acids is 1. The Bertz CT molecular complexity index is 657. The number of hydrogen-bond acceptors (Lipinski definition) is 6. The van der Waals surface area contributed by atoms with E-state index in [4.69, 9.17) is 21.1 Å². The number of hydrogen-bond donors (Lipinski definition) is 1. The van der Waals surface area contributed by atoms with Gasteiger partial charge < -0.3 is 9.47 Å². The van der Waals surface area contributed by atoms with Crippen LogP contribution in [0.15, 0.2) is 36.5 Å². The minimum Gasteiger partial charge on any atom is -0.437 e. The van der Waals surface area contributed by atoms with Crippen molar-refractivity contribution in [2.45, 2.75) is 6.41 Å². The molecule has 1 N–H and O–H groups in total. The van der Waals surface area contributed by atoms with Crippen molar-refractivity contribution in [3.63, 3.8) is 0 Å². The fraction of sp³-hybridized carbons (Fsp3) is 0.154. The highest BCUT2D eigenvalue weighted by Crippen LogP contribution is 2.33. The summed E-state index contributed by atoms with van der Waals surface area (Å²) < 4.78 is 11.0. The molecule has 1 aromatic heterocycles. The summed E-state index contributed by atoms with van der Waals surface area (Å²) >= 11 is 5.66. The van der Waals surface area contributed by atoms with Gasteiger partial charge in [-0.2, -0.15) is 5.43 Å². The van der Waals surface area contributed by atoms with E-state index in [0.29, 0.717) is 11.5 Å². The topological polar surface area (TPSA) is 76.6 Å². The van der Waals surface area contributed by atoms with Gasteiger partial charge in [-0.1, -0.05) is 12.1 Å². The molecule has 0 atom stereocenters. The maximum atomic E-state index is 12.2. The van der Waals surface area contributed by atoms with Crippen LogP contribution < -0.4 is 14.9 Å². The predicted octanol–water partition coefficient (Wildman–Crippen LogP) is 1.46. The van der Waals surface area contributed by atoms with Crippen molar-refractivity contribution in [1.82, 2.24) is 20.4 Å². The molecule has 1 amide bonds. The average Bonchev–Trinajstić information content (AvgIpc) is 2.88. The molecule has 8 heteroatoms. The van der Waals surface area contributed by atoms with Gasteiger partial charge in [0.1, 0.15) is 5.69 Å². The third kappa shape index (κ3) is 2.88. The van der Waals surface area contributed by atoms with Crippen LogP contribution in [0.5, 0.6) is 11.5 Å². The molecule has 0 saturated heterocycles. The standard InChI is InChI=1S/C13H11ClN4O3/c1-18(11(19)8-6-7-15-12(14)16-8)17-13-20-9-4-2-3-5-10(9)21-13/h2-7,13,17H,1H3. The van der Waals surface area contributed by atoms with Crippen LogP contribution in [0.4, 0.5) is 0 Å². The van der Waals surface area contributed by atoms with Gasteiger partial charge in [0.2, 0.25) is 5.28 Å². The number of nitrogens with zero attached hydrogens (tertiary/aromatic N) is 3. The Balaban J connectivity index is 1.65. The van der Waals surface area contributed by atoms with Gasteiger partial charge >= 0.3 is 6.41 Å². The molecule has 1 aliphatic heterocycles. The van der Waals surface area contributed by atoms with Crippen LogP contribution in [-0.2, 0) is 0 Å². The SMILES string of the molecule is CN(NC1Oc2ccccc2O1)C(=O)c1ccnc(Cl)n1. The Hall–Kier alpha value is -2.38. The van der Waals surface area contributed by atoms with E-state index in [2.05, 4.69) is 15.4 Å². The lowest BCUT2D eigenvalue weighted by Crippen LogP contribution is -2.49. The van der Waals surface area contributed by atoms with Crippen molar-refractivity contribution >= 4 is 17.5 Å². The number of carbonyl (C=O) groups is 1. The van der Waals surface area contributed by atoms with Crippen LogP contribution in [-0.4, -0.2) is 34.3 Å². The number of hydrazine groups is 1. The smallest absolute Gasteiger partial charge is 0.319 e. The van der Waals surface area contributed by atoms with Crippen LogP contribution in [0.1, 0.15) is 10.5 Å². The summed E-state index contributed by atoms with van der Waals surface area (Å²) in [7, 11) is 1.54. The lowest BCUT2D eigenvalue weighted by molar-refractivity contribution is -0.0322. The number of amides is 1. The summed E-state index contributed by atoms with van der Waals surface area (Å²) in [4.78, 5) is 19.7. The fourth-order valence-corrected chi connectivity index (χ4v) is 1.94. The molecule has 0 unspecified atom stereocenters. The largest absolute Gasteiger partial charge is 0.437 e. The van der Waals surface area contributed by atoms with Crippen molar-refractivity contribution in [3.8, 4) is 11.5 Å². The van der Waals surface area contributed by atoms with E-state index in [1.807, 2.05) is 12.1 Å². The summed E-state index contributed by atoms with van der Waals surface area (Å²) in [6.45, 7) is 0. The number of fused-ring (bicyclic) bond motifs is 1. The zero-order valence-corrected chi connectivity index (χ0v) is 11.7. The van der Waals surface area contributed by atoms with Crippen molar-refractivity contribution in [3.05, 3.63) is 47.5 Å². The highest BCUT2D eigenvalue weighted by molar-refractivity contribution is 6.28. The number of halogens is 1. The molecule has 1 aromatic carbocycles. The van der Waals surface area contributed by atoms with Gasteiger partial charge in [-0.15, -0.1) is 0 Å². The second-order valence-corrected chi connectivity index (χ2v) is 4.56. The molecule has 108 valence electrons. The number of rotatable bonds is 3. The molecule has 0 fully saturated rings. The molecular formula is C13H11ClN4O3. The average molecular weight is 307 g/mol. The van der Waals surface area contributed by atoms with E-state index >= 15 is 0 Å². The predicted molar refractivity (Wildman–Crippen MR) is 73.8 cm³/mol. The maximum absolute atomic E-state index is 12.2. The summed E-state index contributed by atoms with van der Waals surface area (Å²) in [5.41, 5.74) is 2.95. The van der Waals surface area contributed by atoms with E-state index in [9.17, 15) is 4.79 Å². The molecule has 3 rings (SSSR count). The Labute approximate surface area is 125 Å². The van der Waals surface area contributed by atoms with Gasteiger partial charge in [0.25, 0.3) is 5.91 Å². The van der Waals surface area contributed by atoms with E-state index in [-0.39, 0.29) is 16.9 Å². The second-order valence-electron chi connectivity index (χ2n) is 4.22. The molecule has 0 saturated carbocycles. The number of aromatic nitrogens is 2. The van der Waals surface area contributed by atoms with Gasteiger partial charge in [-0.25, -0.2) is 9.97 Å². The first kappa shape index (κ1) is 13.6. The normalized spacial score (nSPS) is 13.2. The zero-order chi connectivity index (χ0) is 14.8. The molecule has 0 aliphatic carbocycles. The summed E-state index contributed by atoms with van der Waals surface area (Å²) in [6.07, 6.45) is 0.628. The molecule has 1 aliphatic rings. The monoisotopic (exact) mass is 306 g/mol. The molecule has 0 radical (unpaired) electrons. The van der Waals surface area contributed by atoms with Crippen LogP contribution in [0.25, 0.3) is 0 Å². The maximum Gasteiger partial charge on any atom is 0.319 e. The van der Waals surface area contributed by atoms with Gasteiger partial charge in [0, 0.05) is 13.2 Å². The first-order valence-electron chi connectivity index (χ1n) is 6.08. The summed E-state index contributed by atoms with van der Waals surface area (Å²) in [5, 5.41) is 1.23. The Morgan fingerprint density at radius 1 is 1.29 bits per heavy atom. The Morgan fingerprint density at radius 2 is 1.95 bits per heavy atom. The molecule has 21 heavy (non-hydrogen) atoms. The molecule has 2 heterocycles. The van der Waals surface area contributed by atoms with Crippen molar-refractivity contribution in [1.29, 1.82) is 0 Å². The third-order valence-electron chi connectivity index (χ3n) is 2.77. The van der Waals surface area contributed by atoms with Gasteiger partial charge in [0.15, 0.2) is 11.5 Å². The molecular weight excluding hydrogens is 296 g/mol. The number of ether oxygens (including phenoxy) is 2. The minimum absolute atomic E-state index is 0.00928. The Morgan fingerprint density at radius 3 is 2.57 bits per heavy atom. The Kier molecular flexibility index (Phi) is 3.59. The van der Waals surface area contributed by atoms with Crippen LogP contribution >= 0.6 is 11.6 Å². The van der Waals surface area contributed by atoms with E-state index in [1.165, 1.54) is 24.3 Å². The first-order valence-corrected chi connectivity index (χ1v) is 6.46. The van der Waals surface area contributed by atoms with E-state index in [1.54, 1.807) is 12.1 Å². The van der Waals surface area contributed by atoms with Crippen molar-refractivity contribution < 1.29 is 14.3 Å². The van der Waals surface area contributed by atoms with Crippen LogP contribution in [0.3, 0.4) is 0 Å². The quantitative estimate of drug-likeness (QED) is 0.683. The highest BCUT2D eigenvalue weighted by atomic mass is 35.5. The highest BCUT2D eigenvalue weighted by Gasteiger charge is 2.26. The lowest BCUT2D eigenvalue weighted by atomic mass is 10.3. The van der Waals surface area contributed by atoms with Crippen LogP contribution in [0.2, 0.25) is 5.28 Å². The fourth-order valence-electron chi connectivity index (χ4n) is 1.79. The first-order chi connectivity index (χ1) is 10.1. The number of para-hydroxylation sites is 2. The zero-order valence-electron chi connectivity index (χ0n) is 11.0. The summed E-state index contributed by atoms with van der Waals surface area (Å²) in [6, 6.07) is 8.70. The van der Waals surface area contributed by atoms with Crippen molar-refractivity contribution in [2.24, 2.45) is 0 Å². The van der Waals surface area contributed by atoms with Crippen LogP contribution in [0, 0.1) is 0 Å². The summed E-state index contributed by atoms with van der Waals surface area (Å²) in [5.74, 6) is 0.837. The van der Waals surface area contributed by atoms with Gasteiger partial charge in [0.05, 0.1) is 0 Å². The van der Waals surface area contributed by atoms with Gasteiger partial charge in [-0.3, -0.25) is 9.80 Å². The van der Waals surface area contributed by atoms with Crippen molar-refractivity contribution in [2.75, 3.05) is 7.05 Å². The number of benzene rings is 1. The molecule has 2 aromatic rings. The third-order valence-corrected chi connectivity index (χ3v) is 2.95. The minimum atomic E-state index is -0.784. The number of nitrogens with one attached hydrogen (secondary N) is 1. The van der Waals surface area contributed by atoms with E-state index in [0.717, 1.165) is 0 Å².